The summed E-state index contributed by atoms with van der Waals surface area (Å²) >= 11 is 8.08. The smallest absolute Gasteiger partial charge is 0.228 e. The monoisotopic (exact) mass is 337 g/mol. The topological polar surface area (TPSA) is 38.1 Å². The lowest BCUT2D eigenvalue weighted by Gasteiger charge is -2.25. The van der Waals surface area contributed by atoms with Gasteiger partial charge in [-0.2, -0.15) is 5.10 Å². The summed E-state index contributed by atoms with van der Waals surface area (Å²) in [6.45, 7) is 4.83. The van der Waals surface area contributed by atoms with Crippen LogP contribution in [0, 0.1) is 13.8 Å². The molecule has 2 aromatic heterocycles. The number of amides is 1. The Bertz CT molecular complexity index is 706. The molecule has 1 amide bonds. The first-order chi connectivity index (χ1) is 10.5. The molecule has 0 bridgehead atoms. The highest BCUT2D eigenvalue weighted by molar-refractivity contribution is 7.12. The van der Waals surface area contributed by atoms with Crippen LogP contribution < -0.4 is 0 Å². The Morgan fingerprint density at radius 2 is 2.23 bits per heavy atom. The van der Waals surface area contributed by atoms with Gasteiger partial charge in [0.05, 0.1) is 18.2 Å². The molecule has 0 saturated carbocycles. The van der Waals surface area contributed by atoms with Gasteiger partial charge in [-0.1, -0.05) is 11.6 Å². The van der Waals surface area contributed by atoms with Crippen molar-refractivity contribution in [3.8, 4) is 0 Å². The average molecular weight is 338 g/mol. The van der Waals surface area contributed by atoms with Crippen molar-refractivity contribution in [2.24, 2.45) is 7.05 Å². The summed E-state index contributed by atoms with van der Waals surface area (Å²) in [5.74, 6) is 0.184. The zero-order chi connectivity index (χ0) is 15.9. The number of rotatable bonds is 3. The van der Waals surface area contributed by atoms with Gasteiger partial charge in [-0.15, -0.1) is 11.3 Å². The Kier molecular flexibility index (Phi) is 4.28. The third-order valence-electron chi connectivity index (χ3n) is 4.22. The first kappa shape index (κ1) is 15.6. The third-order valence-corrected chi connectivity index (χ3v) is 5.67. The molecule has 0 N–H and O–H groups in total. The third kappa shape index (κ3) is 2.79. The summed E-state index contributed by atoms with van der Waals surface area (Å²) in [4.78, 5) is 17.0. The van der Waals surface area contributed by atoms with Crippen LogP contribution >= 0.6 is 22.9 Å². The lowest BCUT2D eigenvalue weighted by molar-refractivity contribution is -0.131. The summed E-state index contributed by atoms with van der Waals surface area (Å²) in [5.41, 5.74) is 1.93. The minimum Gasteiger partial charge on any atom is -0.335 e. The van der Waals surface area contributed by atoms with Crippen molar-refractivity contribution < 1.29 is 4.79 Å². The van der Waals surface area contributed by atoms with E-state index in [9.17, 15) is 4.79 Å². The van der Waals surface area contributed by atoms with Crippen LogP contribution in [0.5, 0.6) is 0 Å². The Balaban J connectivity index is 1.82. The highest BCUT2D eigenvalue weighted by Gasteiger charge is 2.34. The van der Waals surface area contributed by atoms with E-state index in [-0.39, 0.29) is 11.9 Å². The van der Waals surface area contributed by atoms with Gasteiger partial charge in [0.1, 0.15) is 5.15 Å². The molecule has 0 aromatic carbocycles. The number of carbonyl (C=O) groups excluding carboxylic acids is 1. The zero-order valence-electron chi connectivity index (χ0n) is 13.1. The number of aromatic nitrogens is 2. The van der Waals surface area contributed by atoms with E-state index in [0.29, 0.717) is 11.6 Å². The fraction of sp³-hybridized carbons (Fsp3) is 0.500. The molecule has 0 spiro atoms. The summed E-state index contributed by atoms with van der Waals surface area (Å²) in [5, 5.41) is 5.03. The number of halogens is 1. The lowest BCUT2D eigenvalue weighted by atomic mass is 10.1. The maximum atomic E-state index is 12.7. The van der Waals surface area contributed by atoms with Crippen LogP contribution in [0.25, 0.3) is 0 Å². The highest BCUT2D eigenvalue weighted by atomic mass is 35.5. The fourth-order valence-electron chi connectivity index (χ4n) is 3.22. The van der Waals surface area contributed by atoms with Crippen molar-refractivity contribution in [1.82, 2.24) is 14.7 Å². The maximum absolute atomic E-state index is 12.7. The van der Waals surface area contributed by atoms with Gasteiger partial charge in [-0.25, -0.2) is 0 Å². The number of carbonyl (C=O) groups is 1. The van der Waals surface area contributed by atoms with E-state index < -0.39 is 0 Å². The maximum Gasteiger partial charge on any atom is 0.228 e. The second kappa shape index (κ2) is 6.05. The van der Waals surface area contributed by atoms with Gasteiger partial charge in [0.25, 0.3) is 0 Å². The second-order valence-corrected chi connectivity index (χ2v) is 7.58. The lowest BCUT2D eigenvalue weighted by Crippen LogP contribution is -2.32. The van der Waals surface area contributed by atoms with Crippen LogP contribution in [0.15, 0.2) is 12.1 Å². The minimum atomic E-state index is 0.0646. The van der Waals surface area contributed by atoms with E-state index >= 15 is 0 Å². The number of aryl methyl sites for hydroxylation is 3. The van der Waals surface area contributed by atoms with Crippen molar-refractivity contribution >= 4 is 28.8 Å². The quantitative estimate of drug-likeness (QED) is 0.857. The van der Waals surface area contributed by atoms with Crippen molar-refractivity contribution in [2.75, 3.05) is 6.54 Å². The Labute approximate surface area is 139 Å². The van der Waals surface area contributed by atoms with Crippen molar-refractivity contribution in [2.45, 2.75) is 39.2 Å². The van der Waals surface area contributed by atoms with Crippen LogP contribution in [0.4, 0.5) is 0 Å². The summed E-state index contributed by atoms with van der Waals surface area (Å²) in [7, 11) is 1.84. The molecule has 0 radical (unpaired) electrons. The molecule has 22 heavy (non-hydrogen) atoms. The Hall–Kier alpha value is -1.33. The van der Waals surface area contributed by atoms with E-state index in [0.717, 1.165) is 35.5 Å². The molecule has 4 nitrogen and oxygen atoms in total. The predicted molar refractivity (Wildman–Crippen MR) is 89.4 cm³/mol. The van der Waals surface area contributed by atoms with Crippen molar-refractivity contribution in [1.29, 1.82) is 0 Å². The fourth-order valence-corrected chi connectivity index (χ4v) is 4.40. The molecule has 3 rings (SSSR count). The van der Waals surface area contributed by atoms with Crippen LogP contribution in [0.1, 0.15) is 39.9 Å². The molecule has 118 valence electrons. The minimum absolute atomic E-state index is 0.0646. The molecule has 6 heteroatoms. The van der Waals surface area contributed by atoms with Crippen molar-refractivity contribution in [3.63, 3.8) is 0 Å². The largest absolute Gasteiger partial charge is 0.335 e. The first-order valence-corrected chi connectivity index (χ1v) is 8.70. The SMILES string of the molecule is Cc1ccc(CC(=O)N2CCCC2c2c(C)nn(C)c2Cl)s1. The van der Waals surface area contributed by atoms with Gasteiger partial charge in [-0.05, 0) is 38.8 Å². The van der Waals surface area contributed by atoms with Gasteiger partial charge in [0, 0.05) is 28.9 Å². The Morgan fingerprint density at radius 1 is 1.45 bits per heavy atom. The average Bonchev–Trinajstić information content (AvgIpc) is 3.12. The molecule has 1 fully saturated rings. The summed E-state index contributed by atoms with van der Waals surface area (Å²) < 4.78 is 1.69. The molecular weight excluding hydrogens is 318 g/mol. The molecule has 2 aromatic rings. The number of likely N-dealkylation sites (tertiary alicyclic amines) is 1. The number of hydrogen-bond donors (Lipinski definition) is 0. The van der Waals surface area contributed by atoms with Crippen LogP contribution in [-0.4, -0.2) is 27.1 Å². The van der Waals surface area contributed by atoms with Crippen LogP contribution in [-0.2, 0) is 18.3 Å². The van der Waals surface area contributed by atoms with Crippen LogP contribution in [0.3, 0.4) is 0 Å². The van der Waals surface area contributed by atoms with Gasteiger partial charge in [-0.3, -0.25) is 9.48 Å². The standard InChI is InChI=1S/C16H20ClN3OS/c1-10-6-7-12(22-10)9-14(21)20-8-4-5-13(20)15-11(2)18-19(3)16(15)17/h6-7,13H,4-5,8-9H2,1-3H3. The molecule has 1 saturated heterocycles. The summed E-state index contributed by atoms with van der Waals surface area (Å²) in [6, 6.07) is 4.18. The molecule has 0 aliphatic carbocycles. The van der Waals surface area contributed by atoms with Gasteiger partial charge in [0.2, 0.25) is 5.91 Å². The Morgan fingerprint density at radius 3 is 2.82 bits per heavy atom. The van der Waals surface area contributed by atoms with E-state index in [1.807, 2.05) is 24.9 Å². The molecule has 1 atom stereocenters. The van der Waals surface area contributed by atoms with Crippen molar-refractivity contribution in [3.05, 3.63) is 38.3 Å². The first-order valence-electron chi connectivity index (χ1n) is 7.51. The highest BCUT2D eigenvalue weighted by Crippen LogP contribution is 2.37. The molecule has 1 aliphatic heterocycles. The molecule has 1 aliphatic rings. The predicted octanol–water partition coefficient (Wildman–Crippen LogP) is 3.66. The second-order valence-electron chi connectivity index (χ2n) is 5.85. The van der Waals surface area contributed by atoms with Gasteiger partial charge >= 0.3 is 0 Å². The normalized spacial score (nSPS) is 18.2. The van der Waals surface area contributed by atoms with Gasteiger partial charge in [0.15, 0.2) is 0 Å². The molecule has 3 heterocycles. The molecular formula is C16H20ClN3OS. The van der Waals surface area contributed by atoms with Gasteiger partial charge < -0.3 is 4.90 Å². The number of nitrogens with zero attached hydrogens (tertiary/aromatic N) is 3. The van der Waals surface area contributed by atoms with Crippen LogP contribution in [0.2, 0.25) is 5.15 Å². The number of hydrogen-bond acceptors (Lipinski definition) is 3. The number of thiophene rings is 1. The van der Waals surface area contributed by atoms with E-state index in [1.165, 1.54) is 4.88 Å². The van der Waals surface area contributed by atoms with E-state index in [1.54, 1.807) is 16.0 Å². The molecule has 1 unspecified atom stereocenters. The van der Waals surface area contributed by atoms with E-state index in [4.69, 9.17) is 11.6 Å². The van der Waals surface area contributed by atoms with E-state index in [2.05, 4.69) is 18.1 Å². The zero-order valence-corrected chi connectivity index (χ0v) is 14.7. The summed E-state index contributed by atoms with van der Waals surface area (Å²) in [6.07, 6.45) is 2.46.